The predicted molar refractivity (Wildman–Crippen MR) is 57.8 cm³/mol. The molecule has 1 aromatic rings. The Bertz CT molecular complexity index is 460. The smallest absolute Gasteiger partial charge is 0.137 e. The fourth-order valence-electron chi connectivity index (χ4n) is 2.37. The fraction of sp³-hybridized carbons (Fsp3) is 0.385. The zero-order chi connectivity index (χ0) is 10.3. The Balaban J connectivity index is 2.08. The summed E-state index contributed by atoms with van der Waals surface area (Å²) >= 11 is 0. The van der Waals surface area contributed by atoms with Crippen LogP contribution in [0.25, 0.3) is 0 Å². The van der Waals surface area contributed by atoms with Crippen LogP contribution in [0.1, 0.15) is 28.9 Å². The summed E-state index contributed by atoms with van der Waals surface area (Å²) in [5, 5.41) is 0. The van der Waals surface area contributed by atoms with Gasteiger partial charge >= 0.3 is 0 Å². The second-order valence-electron chi connectivity index (χ2n) is 4.30. The third-order valence-corrected chi connectivity index (χ3v) is 3.20. The third-order valence-electron chi connectivity index (χ3n) is 3.20. The van der Waals surface area contributed by atoms with Crippen molar-refractivity contribution in [3.05, 3.63) is 40.7 Å². The van der Waals surface area contributed by atoms with Gasteiger partial charge in [0.25, 0.3) is 0 Å². The number of pyridine rings is 1. The van der Waals surface area contributed by atoms with Crippen LogP contribution in [0.3, 0.4) is 0 Å². The maximum Gasteiger partial charge on any atom is 0.137 e. The molecule has 0 saturated carbocycles. The first-order valence-electron chi connectivity index (χ1n) is 5.50. The van der Waals surface area contributed by atoms with Gasteiger partial charge in [0.1, 0.15) is 5.78 Å². The standard InChI is InChI=1S/C13H13NO/c15-11-5-6-13-10(8-11)7-9-3-1-2-4-12(9)14-13/h1-2,7H,3-6,8H2. The lowest BCUT2D eigenvalue weighted by molar-refractivity contribution is -0.118. The first-order chi connectivity index (χ1) is 7.33. The molecule has 0 amide bonds. The van der Waals surface area contributed by atoms with Gasteiger partial charge in [-0.2, -0.15) is 0 Å². The predicted octanol–water partition coefficient (Wildman–Crippen LogP) is 1.79. The van der Waals surface area contributed by atoms with Crippen molar-refractivity contribution in [3.63, 3.8) is 0 Å². The zero-order valence-electron chi connectivity index (χ0n) is 8.62. The molecule has 0 aliphatic heterocycles. The molecule has 0 atom stereocenters. The van der Waals surface area contributed by atoms with Crippen molar-refractivity contribution < 1.29 is 4.79 Å². The number of aromatic nitrogens is 1. The number of carbonyl (C=O) groups excluding carboxylic acids is 1. The molecule has 0 bridgehead atoms. The van der Waals surface area contributed by atoms with Crippen LogP contribution in [0.2, 0.25) is 0 Å². The van der Waals surface area contributed by atoms with E-state index >= 15 is 0 Å². The van der Waals surface area contributed by atoms with E-state index < -0.39 is 0 Å². The molecule has 0 saturated heterocycles. The maximum absolute atomic E-state index is 11.4. The van der Waals surface area contributed by atoms with Crippen LogP contribution in [0.15, 0.2) is 18.2 Å². The van der Waals surface area contributed by atoms with Gasteiger partial charge in [-0.1, -0.05) is 18.2 Å². The quantitative estimate of drug-likeness (QED) is 0.596. The molecule has 0 aromatic carbocycles. The van der Waals surface area contributed by atoms with Crippen LogP contribution in [0.5, 0.6) is 0 Å². The number of hydrogen-bond acceptors (Lipinski definition) is 2. The topological polar surface area (TPSA) is 30.0 Å². The Hall–Kier alpha value is -1.44. The van der Waals surface area contributed by atoms with Gasteiger partial charge in [-0.15, -0.1) is 0 Å². The molecule has 1 heterocycles. The number of rotatable bonds is 0. The number of aryl methyl sites for hydroxylation is 1. The van der Waals surface area contributed by atoms with Gasteiger partial charge in [0.2, 0.25) is 0 Å². The molecule has 2 aliphatic rings. The summed E-state index contributed by atoms with van der Waals surface area (Å²) in [5.74, 6) is 0.357. The van der Waals surface area contributed by atoms with Crippen molar-refractivity contribution in [2.45, 2.75) is 32.1 Å². The highest BCUT2D eigenvalue weighted by Gasteiger charge is 2.19. The van der Waals surface area contributed by atoms with Crippen LogP contribution in [0.4, 0.5) is 0 Å². The Morgan fingerprint density at radius 2 is 1.87 bits per heavy atom. The molecule has 0 fully saturated rings. The van der Waals surface area contributed by atoms with Gasteiger partial charge < -0.3 is 0 Å². The highest BCUT2D eigenvalue weighted by atomic mass is 16.1. The van der Waals surface area contributed by atoms with E-state index in [4.69, 9.17) is 0 Å². The molecule has 2 nitrogen and oxygen atoms in total. The summed E-state index contributed by atoms with van der Waals surface area (Å²) < 4.78 is 0. The largest absolute Gasteiger partial charge is 0.299 e. The van der Waals surface area contributed by atoms with Crippen molar-refractivity contribution in [3.8, 4) is 0 Å². The minimum Gasteiger partial charge on any atom is -0.299 e. The molecule has 0 N–H and O–H groups in total. The molecule has 0 radical (unpaired) electrons. The first-order valence-corrected chi connectivity index (χ1v) is 5.50. The average molecular weight is 199 g/mol. The Morgan fingerprint density at radius 1 is 1.00 bits per heavy atom. The number of Topliss-reactive ketones (excluding diaryl/α,β-unsaturated/α-hetero) is 1. The first kappa shape index (κ1) is 8.84. The molecular weight excluding hydrogens is 186 g/mol. The summed E-state index contributed by atoms with van der Waals surface area (Å²) in [6.07, 6.45) is 8.40. The zero-order valence-corrected chi connectivity index (χ0v) is 8.62. The molecule has 0 spiro atoms. The van der Waals surface area contributed by atoms with Crippen molar-refractivity contribution >= 4 is 5.78 Å². The monoisotopic (exact) mass is 199 g/mol. The van der Waals surface area contributed by atoms with Gasteiger partial charge in [-0.3, -0.25) is 9.78 Å². The van der Waals surface area contributed by atoms with E-state index in [1.165, 1.54) is 16.8 Å². The van der Waals surface area contributed by atoms with E-state index in [1.54, 1.807) is 0 Å². The summed E-state index contributed by atoms with van der Waals surface area (Å²) in [4.78, 5) is 16.0. The lowest BCUT2D eigenvalue weighted by Crippen LogP contribution is -2.17. The molecule has 15 heavy (non-hydrogen) atoms. The molecule has 0 unspecified atom stereocenters. The lowest BCUT2D eigenvalue weighted by atomic mass is 9.91. The summed E-state index contributed by atoms with van der Waals surface area (Å²) in [6.45, 7) is 0. The highest BCUT2D eigenvalue weighted by molar-refractivity contribution is 5.83. The lowest BCUT2D eigenvalue weighted by Gasteiger charge is -2.18. The number of ketones is 1. The van der Waals surface area contributed by atoms with Gasteiger partial charge in [0.15, 0.2) is 0 Å². The van der Waals surface area contributed by atoms with E-state index in [0.717, 1.165) is 25.0 Å². The van der Waals surface area contributed by atoms with Crippen molar-refractivity contribution in [1.29, 1.82) is 0 Å². The molecular formula is C13H13NO. The second-order valence-corrected chi connectivity index (χ2v) is 4.30. The number of nitrogens with zero attached hydrogens (tertiary/aromatic N) is 1. The normalized spacial score (nSPS) is 18.5. The Kier molecular flexibility index (Phi) is 1.94. The minimum atomic E-state index is 0.357. The molecule has 76 valence electrons. The molecule has 1 aromatic heterocycles. The number of carbonyl (C=O) groups is 1. The second kappa shape index (κ2) is 3.30. The van der Waals surface area contributed by atoms with E-state index in [9.17, 15) is 4.79 Å². The Labute approximate surface area is 89.0 Å². The van der Waals surface area contributed by atoms with E-state index in [-0.39, 0.29) is 0 Å². The van der Waals surface area contributed by atoms with Gasteiger partial charge in [0.05, 0.1) is 0 Å². The van der Waals surface area contributed by atoms with E-state index in [0.29, 0.717) is 18.6 Å². The van der Waals surface area contributed by atoms with Crippen LogP contribution < -0.4 is 0 Å². The van der Waals surface area contributed by atoms with Crippen LogP contribution in [-0.2, 0) is 30.5 Å². The van der Waals surface area contributed by atoms with Crippen LogP contribution in [-0.4, -0.2) is 10.8 Å². The highest BCUT2D eigenvalue weighted by Crippen LogP contribution is 2.23. The summed E-state index contributed by atoms with van der Waals surface area (Å²) in [6, 6.07) is 2.19. The average Bonchev–Trinajstić information content (AvgIpc) is 2.26. The van der Waals surface area contributed by atoms with Crippen LogP contribution >= 0.6 is 0 Å². The molecule has 2 heteroatoms. The van der Waals surface area contributed by atoms with Crippen LogP contribution in [0, 0.1) is 0 Å². The van der Waals surface area contributed by atoms with Crippen molar-refractivity contribution in [2.24, 2.45) is 0 Å². The van der Waals surface area contributed by atoms with E-state index in [1.807, 2.05) is 0 Å². The summed E-state index contributed by atoms with van der Waals surface area (Å²) in [7, 11) is 0. The number of hydrogen-bond donors (Lipinski definition) is 0. The molecule has 2 aliphatic carbocycles. The Morgan fingerprint density at radius 3 is 2.80 bits per heavy atom. The van der Waals surface area contributed by atoms with Gasteiger partial charge in [-0.25, -0.2) is 0 Å². The van der Waals surface area contributed by atoms with Crippen molar-refractivity contribution in [1.82, 2.24) is 4.98 Å². The summed E-state index contributed by atoms with van der Waals surface area (Å²) in [5.41, 5.74) is 4.85. The van der Waals surface area contributed by atoms with Gasteiger partial charge in [-0.05, 0) is 24.0 Å². The third kappa shape index (κ3) is 1.50. The van der Waals surface area contributed by atoms with Gasteiger partial charge in [0, 0.05) is 30.7 Å². The maximum atomic E-state index is 11.4. The van der Waals surface area contributed by atoms with E-state index in [2.05, 4.69) is 23.2 Å². The SMILES string of the molecule is O=C1CCc2nc3c(cc2C1)CC=CC3. The number of allylic oxidation sites excluding steroid dienone is 2. The fourth-order valence-corrected chi connectivity index (χ4v) is 2.37. The molecule has 3 rings (SSSR count). The minimum absolute atomic E-state index is 0.357. The number of fused-ring (bicyclic) bond motifs is 2. The van der Waals surface area contributed by atoms with Crippen molar-refractivity contribution in [2.75, 3.05) is 0 Å².